The zero-order valence-corrected chi connectivity index (χ0v) is 17.5. The molecule has 1 aromatic rings. The Hall–Kier alpha value is -1.32. The Morgan fingerprint density at radius 2 is 2.07 bits per heavy atom. The summed E-state index contributed by atoms with van der Waals surface area (Å²) in [6.45, 7) is 2.95. The van der Waals surface area contributed by atoms with Crippen LogP contribution in [-0.2, 0) is 16.2 Å². The minimum absolute atomic E-state index is 0.0163. The molecule has 1 fully saturated rings. The van der Waals surface area contributed by atoms with E-state index in [-0.39, 0.29) is 23.6 Å². The van der Waals surface area contributed by atoms with Gasteiger partial charge < -0.3 is 11.1 Å². The Balaban J connectivity index is 1.68. The molecule has 29 heavy (non-hydrogen) atoms. The molecule has 4 atom stereocenters. The number of sulfonamides is 1. The van der Waals surface area contributed by atoms with Crippen LogP contribution in [0.1, 0.15) is 56.1 Å². The minimum Gasteiger partial charge on any atom is -0.385 e. The van der Waals surface area contributed by atoms with Gasteiger partial charge in [0.1, 0.15) is 0 Å². The molecule has 1 aliphatic carbocycles. The van der Waals surface area contributed by atoms with Crippen molar-refractivity contribution >= 4 is 15.7 Å². The van der Waals surface area contributed by atoms with Crippen molar-refractivity contribution in [3.63, 3.8) is 0 Å². The molecule has 3 rings (SSSR count). The number of nitrogens with two attached hydrogens (primary N) is 1. The molecule has 0 amide bonds. The first kappa shape index (κ1) is 22.4. The van der Waals surface area contributed by atoms with Gasteiger partial charge in [-0.05, 0) is 80.7 Å². The maximum absolute atomic E-state index is 13.2. The number of benzene rings is 1. The summed E-state index contributed by atoms with van der Waals surface area (Å²) in [6.07, 6.45) is -0.564. The second-order valence-electron chi connectivity index (χ2n) is 8.44. The molecule has 4 unspecified atom stereocenters. The maximum Gasteiger partial charge on any atom is 0.416 e. The van der Waals surface area contributed by atoms with Gasteiger partial charge in [0.05, 0.1) is 11.3 Å². The predicted molar refractivity (Wildman–Crippen MR) is 108 cm³/mol. The van der Waals surface area contributed by atoms with Gasteiger partial charge in [0.15, 0.2) is 0 Å². The zero-order chi connectivity index (χ0) is 21.2. The van der Waals surface area contributed by atoms with Gasteiger partial charge in [-0.1, -0.05) is 6.42 Å². The summed E-state index contributed by atoms with van der Waals surface area (Å²) in [5.74, 6) is 0.693. The Morgan fingerprint density at radius 3 is 2.76 bits per heavy atom. The van der Waals surface area contributed by atoms with Crippen LogP contribution in [0.3, 0.4) is 0 Å². The monoisotopic (exact) mass is 433 g/mol. The third-order valence-corrected chi connectivity index (χ3v) is 7.71. The normalized spacial score (nSPS) is 25.6. The van der Waals surface area contributed by atoms with Crippen LogP contribution in [0.15, 0.2) is 18.2 Å². The average molecular weight is 434 g/mol. The lowest BCUT2D eigenvalue weighted by Gasteiger charge is -2.41. The van der Waals surface area contributed by atoms with E-state index in [2.05, 4.69) is 10.0 Å². The van der Waals surface area contributed by atoms with Crippen LogP contribution in [0.2, 0.25) is 0 Å². The first-order valence-corrected chi connectivity index (χ1v) is 11.9. The molecule has 0 radical (unpaired) electrons. The van der Waals surface area contributed by atoms with Gasteiger partial charge >= 0.3 is 6.18 Å². The number of nitrogens with one attached hydrogen (secondary N) is 2. The van der Waals surface area contributed by atoms with Gasteiger partial charge in [-0.25, -0.2) is 13.1 Å². The van der Waals surface area contributed by atoms with Gasteiger partial charge in [0, 0.05) is 18.3 Å². The number of anilines is 1. The highest BCUT2D eigenvalue weighted by Gasteiger charge is 2.38. The first-order valence-electron chi connectivity index (χ1n) is 10.2. The van der Waals surface area contributed by atoms with Crippen LogP contribution in [0.25, 0.3) is 0 Å². The molecule has 5 nitrogen and oxygen atoms in total. The topological polar surface area (TPSA) is 84.2 Å². The van der Waals surface area contributed by atoms with E-state index in [1.54, 1.807) is 0 Å². The van der Waals surface area contributed by atoms with Crippen molar-refractivity contribution in [2.24, 2.45) is 17.6 Å². The molecule has 0 aromatic heterocycles. The van der Waals surface area contributed by atoms with Gasteiger partial charge in [-0.3, -0.25) is 0 Å². The van der Waals surface area contributed by atoms with E-state index in [9.17, 15) is 21.6 Å². The summed E-state index contributed by atoms with van der Waals surface area (Å²) >= 11 is 0. The quantitative estimate of drug-likeness (QED) is 0.613. The molecule has 0 bridgehead atoms. The Kier molecular flexibility index (Phi) is 6.80. The number of rotatable bonds is 7. The van der Waals surface area contributed by atoms with Crippen LogP contribution in [-0.4, -0.2) is 33.3 Å². The molecule has 1 saturated carbocycles. The van der Waals surface area contributed by atoms with E-state index in [1.807, 2.05) is 6.92 Å². The first-order chi connectivity index (χ1) is 13.6. The molecule has 0 spiro atoms. The van der Waals surface area contributed by atoms with Crippen LogP contribution < -0.4 is 15.8 Å². The van der Waals surface area contributed by atoms with E-state index in [4.69, 9.17) is 5.73 Å². The predicted octanol–water partition coefficient (Wildman–Crippen LogP) is 3.68. The molecular formula is C20H30F3N3O2S. The molecule has 9 heteroatoms. The fourth-order valence-electron chi connectivity index (χ4n) is 4.79. The third kappa shape index (κ3) is 5.64. The van der Waals surface area contributed by atoms with Crippen LogP contribution in [0.5, 0.6) is 0 Å². The molecule has 2 aliphatic rings. The van der Waals surface area contributed by atoms with Crippen LogP contribution in [0, 0.1) is 11.8 Å². The van der Waals surface area contributed by atoms with E-state index in [0.717, 1.165) is 43.1 Å². The van der Waals surface area contributed by atoms with Gasteiger partial charge in [-0.2, -0.15) is 13.2 Å². The standard InChI is InChI=1S/C20H30F3N3O2S/c1-13(26-29(27,28)8-2-7-24)9-14-3-4-15-12-25-19-6-5-16(20(21,22)23)11-18(19)17(15)10-14/h5-6,11,13-15,17,25-26H,2-4,7-10,12,24H2,1H3. The summed E-state index contributed by atoms with van der Waals surface area (Å²) in [7, 11) is -3.35. The minimum atomic E-state index is -4.35. The second kappa shape index (κ2) is 8.81. The second-order valence-corrected chi connectivity index (χ2v) is 10.3. The Morgan fingerprint density at radius 1 is 1.31 bits per heavy atom. The van der Waals surface area contributed by atoms with Crippen molar-refractivity contribution in [2.75, 3.05) is 24.2 Å². The highest BCUT2D eigenvalue weighted by atomic mass is 32.2. The fraction of sp³-hybridized carbons (Fsp3) is 0.700. The average Bonchev–Trinajstić information content (AvgIpc) is 2.64. The number of alkyl halides is 3. The number of halogens is 3. The Labute approximate surface area is 170 Å². The summed E-state index contributed by atoms with van der Waals surface area (Å²) in [4.78, 5) is 0. The van der Waals surface area contributed by atoms with Crippen molar-refractivity contribution in [2.45, 2.75) is 57.2 Å². The van der Waals surface area contributed by atoms with E-state index in [1.165, 1.54) is 12.1 Å². The highest BCUT2D eigenvalue weighted by Crippen LogP contribution is 2.48. The summed E-state index contributed by atoms with van der Waals surface area (Å²) in [5.41, 5.74) is 6.31. The number of hydrogen-bond donors (Lipinski definition) is 3. The van der Waals surface area contributed by atoms with Crippen molar-refractivity contribution in [1.29, 1.82) is 0 Å². The number of fused-ring (bicyclic) bond motifs is 3. The van der Waals surface area contributed by atoms with E-state index < -0.39 is 21.8 Å². The maximum atomic E-state index is 13.2. The number of hydrogen-bond acceptors (Lipinski definition) is 4. The highest BCUT2D eigenvalue weighted by molar-refractivity contribution is 7.89. The molecule has 4 N–H and O–H groups in total. The molecule has 0 saturated heterocycles. The summed E-state index contributed by atoms with van der Waals surface area (Å²) in [6, 6.07) is 3.75. The van der Waals surface area contributed by atoms with Gasteiger partial charge in [-0.15, -0.1) is 0 Å². The van der Waals surface area contributed by atoms with Crippen molar-refractivity contribution in [3.05, 3.63) is 29.3 Å². The lowest BCUT2D eigenvalue weighted by atomic mass is 9.68. The summed E-state index contributed by atoms with van der Waals surface area (Å²) < 4.78 is 66.4. The SMILES string of the molecule is CC(CC1CCC2CNc3ccc(C(F)(F)F)cc3C2C1)NS(=O)(=O)CCCN. The van der Waals surface area contributed by atoms with Gasteiger partial charge in [0.2, 0.25) is 10.0 Å². The lowest BCUT2D eigenvalue weighted by molar-refractivity contribution is -0.137. The third-order valence-electron chi connectivity index (χ3n) is 6.12. The smallest absolute Gasteiger partial charge is 0.385 e. The van der Waals surface area contributed by atoms with E-state index >= 15 is 0 Å². The largest absolute Gasteiger partial charge is 0.416 e. The van der Waals surface area contributed by atoms with Crippen molar-refractivity contribution in [3.8, 4) is 0 Å². The van der Waals surface area contributed by atoms with Crippen molar-refractivity contribution in [1.82, 2.24) is 4.72 Å². The molecule has 164 valence electrons. The Bertz CT molecular complexity index is 814. The van der Waals surface area contributed by atoms with E-state index in [0.29, 0.717) is 25.3 Å². The molecule has 1 aliphatic heterocycles. The van der Waals surface area contributed by atoms with Crippen LogP contribution in [0.4, 0.5) is 18.9 Å². The molecule has 1 heterocycles. The van der Waals surface area contributed by atoms with Crippen LogP contribution >= 0.6 is 0 Å². The zero-order valence-electron chi connectivity index (χ0n) is 16.6. The van der Waals surface area contributed by atoms with Gasteiger partial charge in [0.25, 0.3) is 0 Å². The van der Waals surface area contributed by atoms with Crippen molar-refractivity contribution < 1.29 is 21.6 Å². The molecular weight excluding hydrogens is 403 g/mol. The fourth-order valence-corrected chi connectivity index (χ4v) is 6.17. The molecule has 1 aromatic carbocycles. The summed E-state index contributed by atoms with van der Waals surface area (Å²) in [5, 5.41) is 3.28. The lowest BCUT2D eigenvalue weighted by Crippen LogP contribution is -2.38.